The summed E-state index contributed by atoms with van der Waals surface area (Å²) in [7, 11) is 0. The second kappa shape index (κ2) is 10.3. The van der Waals surface area contributed by atoms with Gasteiger partial charge in [0.1, 0.15) is 5.69 Å². The fourth-order valence-corrected chi connectivity index (χ4v) is 4.15. The highest BCUT2D eigenvalue weighted by atomic mass is 19.4. The molecule has 0 amide bonds. The predicted octanol–water partition coefficient (Wildman–Crippen LogP) is 6.08. The SMILES string of the molecule is CCCn1c(C(F)(F)F)c(CCC(C)C)n(Cc2ccc(-c3ccccc3)c(C(=O)O)c2)c1=O. The number of alkyl halides is 3. The summed E-state index contributed by atoms with van der Waals surface area (Å²) in [4.78, 5) is 25.1. The van der Waals surface area contributed by atoms with E-state index in [4.69, 9.17) is 0 Å². The second-order valence-electron chi connectivity index (χ2n) is 8.80. The molecular formula is C26H29F3N2O3. The Morgan fingerprint density at radius 2 is 1.74 bits per heavy atom. The van der Waals surface area contributed by atoms with Crippen LogP contribution >= 0.6 is 0 Å². The lowest BCUT2D eigenvalue weighted by Gasteiger charge is -2.15. The van der Waals surface area contributed by atoms with Crippen LogP contribution in [0.2, 0.25) is 0 Å². The van der Waals surface area contributed by atoms with E-state index in [1.807, 2.05) is 19.9 Å². The van der Waals surface area contributed by atoms with Gasteiger partial charge in [-0.15, -0.1) is 0 Å². The van der Waals surface area contributed by atoms with E-state index >= 15 is 0 Å². The van der Waals surface area contributed by atoms with Gasteiger partial charge in [-0.3, -0.25) is 9.13 Å². The summed E-state index contributed by atoms with van der Waals surface area (Å²) in [5.41, 5.74) is 0.0234. The number of hydrogen-bond acceptors (Lipinski definition) is 2. The molecule has 0 bridgehead atoms. The standard InChI is InChI=1S/C26H29F3N2O3/c1-4-14-30-23(26(27,28)29)22(13-10-17(2)3)31(25(30)34)16-18-11-12-20(21(15-18)24(32)33)19-8-6-5-7-9-19/h5-9,11-12,15,17H,4,10,13-14,16H2,1-3H3,(H,32,33). The molecule has 0 aliphatic rings. The number of rotatable bonds is 9. The molecule has 0 saturated carbocycles. The zero-order chi connectivity index (χ0) is 25.0. The van der Waals surface area contributed by atoms with Crippen LogP contribution in [0, 0.1) is 5.92 Å². The van der Waals surface area contributed by atoms with Crippen LogP contribution in [0.5, 0.6) is 0 Å². The van der Waals surface area contributed by atoms with Crippen molar-refractivity contribution in [2.75, 3.05) is 0 Å². The number of carboxylic acids is 1. The van der Waals surface area contributed by atoms with Crippen LogP contribution in [0.15, 0.2) is 53.3 Å². The van der Waals surface area contributed by atoms with Gasteiger partial charge in [0, 0.05) is 6.54 Å². The molecule has 5 nitrogen and oxygen atoms in total. The number of imidazole rings is 1. The monoisotopic (exact) mass is 474 g/mol. The molecule has 0 unspecified atom stereocenters. The maximum absolute atomic E-state index is 14.0. The predicted molar refractivity (Wildman–Crippen MR) is 125 cm³/mol. The zero-order valence-corrected chi connectivity index (χ0v) is 19.5. The van der Waals surface area contributed by atoms with Crippen LogP contribution in [-0.2, 0) is 25.7 Å². The van der Waals surface area contributed by atoms with Crippen LogP contribution < -0.4 is 5.69 Å². The average Bonchev–Trinajstić information content (AvgIpc) is 3.04. The topological polar surface area (TPSA) is 64.2 Å². The van der Waals surface area contributed by atoms with Gasteiger partial charge in [0.2, 0.25) is 0 Å². The molecule has 3 rings (SSSR count). The molecule has 0 fully saturated rings. The fourth-order valence-electron chi connectivity index (χ4n) is 4.15. The van der Waals surface area contributed by atoms with Crippen LogP contribution in [0.4, 0.5) is 13.2 Å². The van der Waals surface area contributed by atoms with Gasteiger partial charge in [0.25, 0.3) is 0 Å². The third-order valence-corrected chi connectivity index (χ3v) is 5.74. The number of hydrogen-bond donors (Lipinski definition) is 1. The molecule has 0 aliphatic heterocycles. The maximum Gasteiger partial charge on any atom is 0.433 e. The molecular weight excluding hydrogens is 445 g/mol. The van der Waals surface area contributed by atoms with Crippen molar-refractivity contribution in [3.8, 4) is 11.1 Å². The normalized spacial score (nSPS) is 11.9. The first kappa shape index (κ1) is 25.3. The van der Waals surface area contributed by atoms with Gasteiger partial charge < -0.3 is 5.11 Å². The van der Waals surface area contributed by atoms with Gasteiger partial charge in [0.05, 0.1) is 17.8 Å². The van der Waals surface area contributed by atoms with Gasteiger partial charge in [-0.1, -0.05) is 63.2 Å². The quantitative estimate of drug-likeness (QED) is 0.409. The Hall–Kier alpha value is -3.29. The Bertz CT molecular complexity index is 1210. The summed E-state index contributed by atoms with van der Waals surface area (Å²) >= 11 is 0. The van der Waals surface area contributed by atoms with E-state index in [0.29, 0.717) is 24.0 Å². The first-order valence-electron chi connectivity index (χ1n) is 11.4. The first-order valence-corrected chi connectivity index (χ1v) is 11.4. The van der Waals surface area contributed by atoms with E-state index in [0.717, 1.165) is 14.7 Å². The Morgan fingerprint density at radius 1 is 1.06 bits per heavy atom. The molecule has 1 N–H and O–H groups in total. The molecule has 2 aromatic carbocycles. The van der Waals surface area contributed by atoms with Crippen molar-refractivity contribution in [3.05, 3.63) is 81.5 Å². The number of halogens is 3. The van der Waals surface area contributed by atoms with Crippen molar-refractivity contribution in [2.45, 2.75) is 59.3 Å². The van der Waals surface area contributed by atoms with Gasteiger partial charge in [-0.2, -0.15) is 13.2 Å². The summed E-state index contributed by atoms with van der Waals surface area (Å²) in [6.45, 7) is 5.38. The molecule has 1 aromatic heterocycles. The highest BCUT2D eigenvalue weighted by molar-refractivity contribution is 5.96. The Labute approximate surface area is 196 Å². The minimum atomic E-state index is -4.67. The highest BCUT2D eigenvalue weighted by Crippen LogP contribution is 2.33. The van der Waals surface area contributed by atoms with E-state index in [2.05, 4.69) is 0 Å². The maximum atomic E-state index is 14.0. The van der Waals surface area contributed by atoms with Gasteiger partial charge in [0.15, 0.2) is 0 Å². The van der Waals surface area contributed by atoms with Crippen molar-refractivity contribution >= 4 is 5.97 Å². The summed E-state index contributed by atoms with van der Waals surface area (Å²) in [5, 5.41) is 9.78. The molecule has 0 spiro atoms. The van der Waals surface area contributed by atoms with E-state index in [1.165, 1.54) is 6.07 Å². The van der Waals surface area contributed by atoms with Crippen LogP contribution in [0.1, 0.15) is 60.9 Å². The molecule has 3 aromatic rings. The lowest BCUT2D eigenvalue weighted by atomic mass is 9.97. The number of carboxylic acid groups (broad SMARTS) is 1. The summed E-state index contributed by atoms with van der Waals surface area (Å²) in [6, 6.07) is 13.7. The molecule has 8 heteroatoms. The third-order valence-electron chi connectivity index (χ3n) is 5.74. The molecule has 1 heterocycles. The van der Waals surface area contributed by atoms with Crippen molar-refractivity contribution < 1.29 is 23.1 Å². The van der Waals surface area contributed by atoms with Crippen molar-refractivity contribution in [1.29, 1.82) is 0 Å². The Kier molecular flexibility index (Phi) is 7.69. The Morgan fingerprint density at radius 3 is 2.29 bits per heavy atom. The minimum Gasteiger partial charge on any atom is -0.478 e. The van der Waals surface area contributed by atoms with Gasteiger partial charge >= 0.3 is 17.8 Å². The van der Waals surface area contributed by atoms with Crippen LogP contribution in [-0.4, -0.2) is 20.2 Å². The van der Waals surface area contributed by atoms with Crippen LogP contribution in [0.3, 0.4) is 0 Å². The molecule has 0 radical (unpaired) electrons. The smallest absolute Gasteiger partial charge is 0.433 e. The Balaban J connectivity index is 2.14. The number of benzene rings is 2. The number of nitrogens with zero attached hydrogens (tertiary/aromatic N) is 2. The summed E-state index contributed by atoms with van der Waals surface area (Å²) < 4.78 is 44.1. The molecule has 182 valence electrons. The largest absolute Gasteiger partial charge is 0.478 e. The number of aromatic nitrogens is 2. The molecule has 0 aliphatic carbocycles. The molecule has 0 atom stereocenters. The van der Waals surface area contributed by atoms with Crippen molar-refractivity contribution in [3.63, 3.8) is 0 Å². The average molecular weight is 475 g/mol. The van der Waals surface area contributed by atoms with E-state index in [1.54, 1.807) is 43.3 Å². The summed E-state index contributed by atoms with van der Waals surface area (Å²) in [6.07, 6.45) is -3.70. The highest BCUT2D eigenvalue weighted by Gasteiger charge is 2.40. The second-order valence-corrected chi connectivity index (χ2v) is 8.80. The lowest BCUT2D eigenvalue weighted by Crippen LogP contribution is -2.27. The third kappa shape index (κ3) is 5.43. The van der Waals surface area contributed by atoms with Crippen molar-refractivity contribution in [2.24, 2.45) is 5.92 Å². The van der Waals surface area contributed by atoms with Gasteiger partial charge in [-0.05, 0) is 47.9 Å². The number of aromatic carboxylic acids is 1. The summed E-state index contributed by atoms with van der Waals surface area (Å²) in [5.74, 6) is -0.990. The first-order chi connectivity index (χ1) is 16.0. The van der Waals surface area contributed by atoms with Crippen molar-refractivity contribution in [1.82, 2.24) is 9.13 Å². The van der Waals surface area contributed by atoms with E-state index in [-0.39, 0.29) is 36.7 Å². The fraction of sp³-hybridized carbons (Fsp3) is 0.385. The molecule has 34 heavy (non-hydrogen) atoms. The van der Waals surface area contributed by atoms with Gasteiger partial charge in [-0.25, -0.2) is 9.59 Å². The lowest BCUT2D eigenvalue weighted by molar-refractivity contribution is -0.144. The number of carbonyl (C=O) groups is 1. The zero-order valence-electron chi connectivity index (χ0n) is 19.5. The van der Waals surface area contributed by atoms with E-state index in [9.17, 15) is 27.9 Å². The van der Waals surface area contributed by atoms with E-state index < -0.39 is 23.5 Å². The van der Waals surface area contributed by atoms with Crippen LogP contribution in [0.25, 0.3) is 11.1 Å². The minimum absolute atomic E-state index is 0.0320. The molecule has 0 saturated heterocycles.